The van der Waals surface area contributed by atoms with Crippen LogP contribution in [-0.2, 0) is 4.74 Å². The topological polar surface area (TPSA) is 61.2 Å². The quantitative estimate of drug-likeness (QED) is 0.588. The molecule has 1 heterocycles. The van der Waals surface area contributed by atoms with Crippen LogP contribution in [0.2, 0.25) is 0 Å². The highest BCUT2D eigenvalue weighted by molar-refractivity contribution is 5.62. The standard InChI is InChI=1S/C10H13N3O/c1-4-14-6-12-10-9(5-11)7(2)8(3)13-10/h6,13H,4H2,1-3H3. The van der Waals surface area contributed by atoms with E-state index in [4.69, 9.17) is 10.00 Å². The summed E-state index contributed by atoms with van der Waals surface area (Å²) in [4.78, 5) is 7.05. The summed E-state index contributed by atoms with van der Waals surface area (Å²) < 4.78 is 4.96. The fourth-order valence-corrected chi connectivity index (χ4v) is 1.10. The van der Waals surface area contributed by atoms with Crippen molar-refractivity contribution in [1.82, 2.24) is 4.98 Å². The van der Waals surface area contributed by atoms with Crippen molar-refractivity contribution >= 4 is 12.2 Å². The molecule has 1 N–H and O–H groups in total. The molecule has 1 rings (SSSR count). The zero-order chi connectivity index (χ0) is 10.6. The minimum atomic E-state index is 0.566. The third kappa shape index (κ3) is 1.94. The first-order valence-corrected chi connectivity index (χ1v) is 4.44. The molecule has 0 aliphatic heterocycles. The maximum absolute atomic E-state index is 8.88. The molecule has 0 saturated carbocycles. The second-order valence-electron chi connectivity index (χ2n) is 2.90. The molecule has 0 bridgehead atoms. The molecule has 0 aliphatic carbocycles. The maximum atomic E-state index is 8.88. The van der Waals surface area contributed by atoms with E-state index in [0.717, 1.165) is 11.3 Å². The smallest absolute Gasteiger partial charge is 0.176 e. The SMILES string of the molecule is CCOC=Nc1[nH]c(C)c(C)c1C#N. The van der Waals surface area contributed by atoms with Gasteiger partial charge in [0.1, 0.15) is 6.07 Å². The molecule has 74 valence electrons. The van der Waals surface area contributed by atoms with Crippen LogP contribution in [0.15, 0.2) is 4.99 Å². The summed E-state index contributed by atoms with van der Waals surface area (Å²) in [6.45, 7) is 6.26. The zero-order valence-electron chi connectivity index (χ0n) is 8.59. The van der Waals surface area contributed by atoms with Crippen LogP contribution in [0.25, 0.3) is 0 Å². The highest BCUT2D eigenvalue weighted by atomic mass is 16.5. The van der Waals surface area contributed by atoms with E-state index >= 15 is 0 Å². The predicted octanol–water partition coefficient (Wildman–Crippen LogP) is 2.20. The summed E-state index contributed by atoms with van der Waals surface area (Å²) >= 11 is 0. The number of nitriles is 1. The van der Waals surface area contributed by atoms with Crippen molar-refractivity contribution in [3.63, 3.8) is 0 Å². The van der Waals surface area contributed by atoms with Gasteiger partial charge in [-0.25, -0.2) is 4.99 Å². The van der Waals surface area contributed by atoms with E-state index in [9.17, 15) is 0 Å². The number of aromatic nitrogens is 1. The largest absolute Gasteiger partial charge is 0.483 e. The molecule has 0 amide bonds. The van der Waals surface area contributed by atoms with Crippen molar-refractivity contribution in [3.8, 4) is 6.07 Å². The summed E-state index contributed by atoms with van der Waals surface area (Å²) in [6, 6.07) is 2.11. The Labute approximate surface area is 83.2 Å². The lowest BCUT2D eigenvalue weighted by Crippen LogP contribution is -1.84. The third-order valence-electron chi connectivity index (χ3n) is 2.02. The van der Waals surface area contributed by atoms with E-state index < -0.39 is 0 Å². The molecule has 0 unspecified atom stereocenters. The highest BCUT2D eigenvalue weighted by Gasteiger charge is 2.09. The predicted molar refractivity (Wildman–Crippen MR) is 54.8 cm³/mol. The Morgan fingerprint density at radius 3 is 2.86 bits per heavy atom. The summed E-state index contributed by atoms with van der Waals surface area (Å²) in [5.41, 5.74) is 2.49. The molecule has 0 aliphatic rings. The van der Waals surface area contributed by atoms with Gasteiger partial charge in [0.05, 0.1) is 12.2 Å². The Kier molecular flexibility index (Phi) is 3.29. The lowest BCUT2D eigenvalue weighted by molar-refractivity contribution is 0.344. The number of aryl methyl sites for hydroxylation is 1. The highest BCUT2D eigenvalue weighted by Crippen LogP contribution is 2.23. The molecule has 1 aromatic rings. The van der Waals surface area contributed by atoms with Crippen molar-refractivity contribution in [2.75, 3.05) is 6.61 Å². The van der Waals surface area contributed by atoms with Crippen LogP contribution in [0.5, 0.6) is 0 Å². The molecule has 0 spiro atoms. The van der Waals surface area contributed by atoms with Gasteiger partial charge in [0.15, 0.2) is 12.2 Å². The van der Waals surface area contributed by atoms with E-state index in [0.29, 0.717) is 18.0 Å². The zero-order valence-corrected chi connectivity index (χ0v) is 8.59. The summed E-state index contributed by atoms with van der Waals surface area (Å²) in [6.07, 6.45) is 1.35. The van der Waals surface area contributed by atoms with Gasteiger partial charge in [0.2, 0.25) is 0 Å². The van der Waals surface area contributed by atoms with E-state index in [1.807, 2.05) is 20.8 Å². The van der Waals surface area contributed by atoms with Gasteiger partial charge in [0.25, 0.3) is 0 Å². The first-order valence-electron chi connectivity index (χ1n) is 4.44. The maximum Gasteiger partial charge on any atom is 0.176 e. The van der Waals surface area contributed by atoms with Crippen molar-refractivity contribution in [3.05, 3.63) is 16.8 Å². The second-order valence-corrected chi connectivity index (χ2v) is 2.90. The molecule has 0 aromatic carbocycles. The molecule has 1 aromatic heterocycles. The number of aromatic amines is 1. The average molecular weight is 191 g/mol. The number of hydrogen-bond donors (Lipinski definition) is 1. The Morgan fingerprint density at radius 1 is 1.57 bits per heavy atom. The van der Waals surface area contributed by atoms with Crippen LogP contribution in [-0.4, -0.2) is 18.0 Å². The van der Waals surface area contributed by atoms with Gasteiger partial charge in [0, 0.05) is 5.69 Å². The third-order valence-corrected chi connectivity index (χ3v) is 2.02. The Balaban J connectivity index is 2.98. The monoisotopic (exact) mass is 191 g/mol. The molecule has 4 nitrogen and oxygen atoms in total. The number of rotatable bonds is 3. The molecule has 0 atom stereocenters. The lowest BCUT2D eigenvalue weighted by Gasteiger charge is -1.91. The Bertz CT molecular complexity index is 385. The normalized spacial score (nSPS) is 10.4. The molecule has 14 heavy (non-hydrogen) atoms. The molecule has 4 heteroatoms. The number of aliphatic imine (C=N–C) groups is 1. The van der Waals surface area contributed by atoms with Gasteiger partial charge in [-0.15, -0.1) is 0 Å². The average Bonchev–Trinajstić information content (AvgIpc) is 2.43. The number of hydrogen-bond acceptors (Lipinski definition) is 3. The first-order chi connectivity index (χ1) is 6.70. The van der Waals surface area contributed by atoms with Crippen LogP contribution in [0.1, 0.15) is 23.7 Å². The molecule has 0 radical (unpaired) electrons. The van der Waals surface area contributed by atoms with Gasteiger partial charge in [-0.2, -0.15) is 5.26 Å². The van der Waals surface area contributed by atoms with E-state index in [2.05, 4.69) is 16.0 Å². The van der Waals surface area contributed by atoms with Gasteiger partial charge >= 0.3 is 0 Å². The van der Waals surface area contributed by atoms with Crippen LogP contribution < -0.4 is 0 Å². The van der Waals surface area contributed by atoms with Gasteiger partial charge in [-0.3, -0.25) is 0 Å². The van der Waals surface area contributed by atoms with E-state index in [-0.39, 0.29) is 0 Å². The minimum Gasteiger partial charge on any atom is -0.483 e. The molecular formula is C10H13N3O. The van der Waals surface area contributed by atoms with Gasteiger partial charge in [-0.1, -0.05) is 0 Å². The minimum absolute atomic E-state index is 0.566. The van der Waals surface area contributed by atoms with Crippen LogP contribution in [0.4, 0.5) is 5.82 Å². The molecule has 0 saturated heterocycles. The van der Waals surface area contributed by atoms with Crippen LogP contribution >= 0.6 is 0 Å². The number of nitrogens with one attached hydrogen (secondary N) is 1. The number of nitrogens with zero attached hydrogens (tertiary/aromatic N) is 2. The number of H-pyrrole nitrogens is 1. The van der Waals surface area contributed by atoms with E-state index in [1.165, 1.54) is 6.40 Å². The Hall–Kier alpha value is -1.76. The van der Waals surface area contributed by atoms with Crippen molar-refractivity contribution in [2.24, 2.45) is 4.99 Å². The molecular weight excluding hydrogens is 178 g/mol. The second kappa shape index (κ2) is 4.47. The van der Waals surface area contributed by atoms with Crippen molar-refractivity contribution in [1.29, 1.82) is 5.26 Å². The van der Waals surface area contributed by atoms with Crippen molar-refractivity contribution < 1.29 is 4.74 Å². The van der Waals surface area contributed by atoms with Crippen molar-refractivity contribution in [2.45, 2.75) is 20.8 Å². The summed E-state index contributed by atoms with van der Waals surface area (Å²) in [5.74, 6) is 0.566. The summed E-state index contributed by atoms with van der Waals surface area (Å²) in [5, 5.41) is 8.88. The Morgan fingerprint density at radius 2 is 2.29 bits per heavy atom. The van der Waals surface area contributed by atoms with E-state index in [1.54, 1.807) is 0 Å². The molecule has 0 fully saturated rings. The van der Waals surface area contributed by atoms with Gasteiger partial charge < -0.3 is 9.72 Å². The first kappa shape index (κ1) is 10.3. The van der Waals surface area contributed by atoms with Gasteiger partial charge in [-0.05, 0) is 26.3 Å². The lowest BCUT2D eigenvalue weighted by atomic mass is 10.2. The summed E-state index contributed by atoms with van der Waals surface area (Å²) in [7, 11) is 0. The fraction of sp³-hybridized carbons (Fsp3) is 0.400. The number of ether oxygens (including phenoxy) is 1. The van der Waals surface area contributed by atoms with Crippen LogP contribution in [0.3, 0.4) is 0 Å². The van der Waals surface area contributed by atoms with Crippen LogP contribution in [0, 0.1) is 25.2 Å². The fourth-order valence-electron chi connectivity index (χ4n) is 1.10.